The summed E-state index contributed by atoms with van der Waals surface area (Å²) < 4.78 is 27.7. The Hall–Kier alpha value is -2.29. The number of nitrogens with one attached hydrogen (secondary N) is 1. The van der Waals surface area contributed by atoms with E-state index in [0.717, 1.165) is 30.9 Å². The van der Waals surface area contributed by atoms with Crippen LogP contribution in [0.15, 0.2) is 48.5 Å². The lowest BCUT2D eigenvalue weighted by Gasteiger charge is -2.34. The monoisotopic (exact) mass is 490 g/mol. The maximum absolute atomic E-state index is 12.6. The number of piperazine rings is 1. The van der Waals surface area contributed by atoms with Crippen LogP contribution in [-0.4, -0.2) is 69.1 Å². The van der Waals surface area contributed by atoms with Gasteiger partial charge in [-0.2, -0.15) is 0 Å². The van der Waals surface area contributed by atoms with Crippen LogP contribution in [0.5, 0.6) is 0 Å². The van der Waals surface area contributed by atoms with Crippen molar-refractivity contribution in [2.75, 3.05) is 54.6 Å². The van der Waals surface area contributed by atoms with Crippen LogP contribution >= 0.6 is 11.6 Å². The molecule has 0 aliphatic carbocycles. The Labute approximate surface area is 201 Å². The van der Waals surface area contributed by atoms with E-state index < -0.39 is 15.8 Å². The molecule has 1 N–H and O–H groups in total. The number of hydrogen-bond acceptors (Lipinski definition) is 5. The molecule has 0 atom stereocenters. The quantitative estimate of drug-likeness (QED) is 0.643. The van der Waals surface area contributed by atoms with Crippen LogP contribution in [-0.2, 0) is 21.4 Å². The molecule has 7 nitrogen and oxygen atoms in total. The van der Waals surface area contributed by atoms with Gasteiger partial charge in [0.25, 0.3) is 0 Å². The van der Waals surface area contributed by atoms with Gasteiger partial charge in [-0.05, 0) is 61.2 Å². The summed E-state index contributed by atoms with van der Waals surface area (Å²) in [5, 5.41) is 0.708. The van der Waals surface area contributed by atoms with Gasteiger partial charge in [-0.1, -0.05) is 23.7 Å². The standard InChI is InChI=1S/C24H31ClN4O3S/c25-21-6-4-5-20(17-21)18-27-13-15-29(16-14-27)24(30)19-33(31,32)26-22-7-9-23(10-8-22)28-11-2-1-3-12-28/h4-10,17,26H,1-3,11-16,18-19H2. The summed E-state index contributed by atoms with van der Waals surface area (Å²) in [7, 11) is -3.77. The molecule has 178 valence electrons. The van der Waals surface area contributed by atoms with Crippen LogP contribution in [0.3, 0.4) is 0 Å². The molecule has 0 radical (unpaired) electrons. The molecule has 33 heavy (non-hydrogen) atoms. The summed E-state index contributed by atoms with van der Waals surface area (Å²) in [5.41, 5.74) is 2.71. The summed E-state index contributed by atoms with van der Waals surface area (Å²) >= 11 is 6.05. The molecule has 0 spiro atoms. The summed E-state index contributed by atoms with van der Waals surface area (Å²) in [6, 6.07) is 15.1. The Balaban J connectivity index is 1.25. The molecule has 2 saturated heterocycles. The van der Waals surface area contributed by atoms with Crippen LogP contribution in [0.4, 0.5) is 11.4 Å². The molecular formula is C24H31ClN4O3S. The van der Waals surface area contributed by atoms with Crippen LogP contribution < -0.4 is 9.62 Å². The van der Waals surface area contributed by atoms with E-state index >= 15 is 0 Å². The number of benzene rings is 2. The van der Waals surface area contributed by atoms with Crippen molar-refractivity contribution in [1.29, 1.82) is 0 Å². The fraction of sp³-hybridized carbons (Fsp3) is 0.458. The number of anilines is 2. The highest BCUT2D eigenvalue weighted by Gasteiger charge is 2.25. The van der Waals surface area contributed by atoms with Crippen LogP contribution in [0, 0.1) is 0 Å². The van der Waals surface area contributed by atoms with Crippen molar-refractivity contribution < 1.29 is 13.2 Å². The van der Waals surface area contributed by atoms with Crippen LogP contribution in [0.2, 0.25) is 5.02 Å². The summed E-state index contributed by atoms with van der Waals surface area (Å²) in [4.78, 5) is 18.8. The predicted molar refractivity (Wildman–Crippen MR) is 133 cm³/mol. The number of sulfonamides is 1. The molecule has 2 fully saturated rings. The average Bonchev–Trinajstić information content (AvgIpc) is 2.80. The minimum atomic E-state index is -3.77. The minimum Gasteiger partial charge on any atom is -0.372 e. The highest BCUT2D eigenvalue weighted by atomic mass is 35.5. The van der Waals surface area contributed by atoms with E-state index in [1.807, 2.05) is 36.4 Å². The van der Waals surface area contributed by atoms with Gasteiger partial charge in [-0.15, -0.1) is 0 Å². The summed E-state index contributed by atoms with van der Waals surface area (Å²) in [6.45, 7) is 5.25. The van der Waals surface area contributed by atoms with Crippen molar-refractivity contribution in [2.45, 2.75) is 25.8 Å². The highest BCUT2D eigenvalue weighted by molar-refractivity contribution is 7.93. The fourth-order valence-electron chi connectivity index (χ4n) is 4.41. The number of halogens is 1. The smallest absolute Gasteiger partial charge is 0.241 e. The predicted octanol–water partition coefficient (Wildman–Crippen LogP) is 3.42. The van der Waals surface area contributed by atoms with E-state index in [1.165, 1.54) is 19.3 Å². The van der Waals surface area contributed by atoms with Gasteiger partial charge < -0.3 is 9.80 Å². The molecule has 2 aliphatic heterocycles. The number of nitrogens with zero attached hydrogens (tertiary/aromatic N) is 3. The van der Waals surface area contributed by atoms with Gasteiger partial charge >= 0.3 is 0 Å². The Morgan fingerprint density at radius 3 is 2.27 bits per heavy atom. The lowest BCUT2D eigenvalue weighted by Crippen LogP contribution is -2.50. The number of piperidine rings is 1. The van der Waals surface area contributed by atoms with E-state index in [4.69, 9.17) is 11.6 Å². The van der Waals surface area contributed by atoms with E-state index in [0.29, 0.717) is 36.9 Å². The minimum absolute atomic E-state index is 0.366. The number of carbonyl (C=O) groups excluding carboxylic acids is 1. The molecule has 4 rings (SSSR count). The van der Waals surface area contributed by atoms with Gasteiger partial charge in [0.05, 0.1) is 0 Å². The molecule has 2 aliphatic rings. The van der Waals surface area contributed by atoms with Gasteiger partial charge in [-0.25, -0.2) is 8.42 Å². The second kappa shape index (κ2) is 10.8. The maximum Gasteiger partial charge on any atom is 0.241 e. The lowest BCUT2D eigenvalue weighted by molar-refractivity contribution is -0.130. The van der Waals surface area contributed by atoms with E-state index in [1.54, 1.807) is 17.0 Å². The first-order chi connectivity index (χ1) is 15.9. The summed E-state index contributed by atoms with van der Waals surface area (Å²) in [5.74, 6) is -0.912. The third kappa shape index (κ3) is 6.85. The second-order valence-corrected chi connectivity index (χ2v) is 10.9. The average molecular weight is 491 g/mol. The molecule has 0 unspecified atom stereocenters. The number of carbonyl (C=O) groups is 1. The molecule has 0 aromatic heterocycles. The van der Waals surface area contributed by atoms with Gasteiger partial charge in [0.2, 0.25) is 15.9 Å². The first-order valence-electron chi connectivity index (χ1n) is 11.5. The third-order valence-electron chi connectivity index (χ3n) is 6.20. The Bertz CT molecular complexity index is 1050. The molecule has 0 bridgehead atoms. The summed E-state index contributed by atoms with van der Waals surface area (Å²) in [6.07, 6.45) is 3.63. The Morgan fingerprint density at radius 2 is 1.61 bits per heavy atom. The number of rotatable bonds is 7. The molecule has 2 aromatic carbocycles. The SMILES string of the molecule is O=C(CS(=O)(=O)Nc1ccc(N2CCCCC2)cc1)N1CCN(Cc2cccc(Cl)c2)CC1. The lowest BCUT2D eigenvalue weighted by atomic mass is 10.1. The van der Waals surface area contributed by atoms with Crippen molar-refractivity contribution in [1.82, 2.24) is 9.80 Å². The largest absolute Gasteiger partial charge is 0.372 e. The third-order valence-corrected chi connectivity index (χ3v) is 7.60. The van der Waals surface area contributed by atoms with Crippen molar-refractivity contribution in [3.63, 3.8) is 0 Å². The number of hydrogen-bond donors (Lipinski definition) is 1. The normalized spacial score (nSPS) is 17.7. The highest BCUT2D eigenvalue weighted by Crippen LogP contribution is 2.22. The van der Waals surface area contributed by atoms with Crippen molar-refractivity contribution in [3.8, 4) is 0 Å². The second-order valence-electron chi connectivity index (χ2n) is 8.74. The molecule has 2 heterocycles. The first-order valence-corrected chi connectivity index (χ1v) is 13.5. The van der Waals surface area contributed by atoms with E-state index in [-0.39, 0.29) is 5.91 Å². The van der Waals surface area contributed by atoms with Crippen LogP contribution in [0.25, 0.3) is 0 Å². The zero-order valence-electron chi connectivity index (χ0n) is 18.7. The van der Waals surface area contributed by atoms with E-state index in [9.17, 15) is 13.2 Å². The molecule has 2 aromatic rings. The number of amides is 1. The first kappa shape index (κ1) is 23.9. The van der Waals surface area contributed by atoms with Crippen molar-refractivity contribution in [3.05, 3.63) is 59.1 Å². The van der Waals surface area contributed by atoms with Gasteiger partial charge in [-0.3, -0.25) is 14.4 Å². The zero-order chi connectivity index (χ0) is 23.3. The van der Waals surface area contributed by atoms with Crippen molar-refractivity contribution >= 4 is 38.9 Å². The Kier molecular flexibility index (Phi) is 7.78. The van der Waals surface area contributed by atoms with Gasteiger partial charge in [0, 0.05) is 62.2 Å². The van der Waals surface area contributed by atoms with Crippen molar-refractivity contribution in [2.24, 2.45) is 0 Å². The Morgan fingerprint density at radius 1 is 0.909 bits per heavy atom. The zero-order valence-corrected chi connectivity index (χ0v) is 20.3. The van der Waals surface area contributed by atoms with Gasteiger partial charge in [0.15, 0.2) is 0 Å². The molecular weight excluding hydrogens is 460 g/mol. The topological polar surface area (TPSA) is 73.0 Å². The molecule has 1 amide bonds. The van der Waals surface area contributed by atoms with Crippen LogP contribution in [0.1, 0.15) is 24.8 Å². The van der Waals surface area contributed by atoms with E-state index in [2.05, 4.69) is 14.5 Å². The molecule has 0 saturated carbocycles. The fourth-order valence-corrected chi connectivity index (χ4v) is 5.70. The van der Waals surface area contributed by atoms with Gasteiger partial charge in [0.1, 0.15) is 5.75 Å². The molecule has 9 heteroatoms. The maximum atomic E-state index is 12.6.